The molecule has 2 heterocycles. The zero-order valence-corrected chi connectivity index (χ0v) is 10.7. The van der Waals surface area contributed by atoms with Crippen molar-refractivity contribution in [3.63, 3.8) is 0 Å². The Bertz CT molecular complexity index is 734. The Morgan fingerprint density at radius 2 is 2.25 bits per heavy atom. The van der Waals surface area contributed by atoms with Crippen molar-refractivity contribution in [2.45, 2.75) is 12.5 Å². The number of imidazole rings is 1. The first-order valence-electron chi connectivity index (χ1n) is 6.10. The van der Waals surface area contributed by atoms with Crippen LogP contribution in [0, 0.1) is 0 Å². The SMILES string of the molecule is Cn1cnc2cc(C(=O)NC3CC(=O)NC3=O)ccc21. The molecule has 1 fully saturated rings. The van der Waals surface area contributed by atoms with Crippen molar-refractivity contribution >= 4 is 28.8 Å². The predicted molar refractivity (Wildman–Crippen MR) is 69.7 cm³/mol. The standard InChI is InChI=1S/C13H12N4O3/c1-17-6-14-8-4-7(2-3-10(8)17)12(19)15-9-5-11(18)16-13(9)20/h2-4,6,9H,5H2,1H3,(H,15,19)(H,16,18,20). The number of nitrogens with zero attached hydrogens (tertiary/aromatic N) is 2. The van der Waals surface area contributed by atoms with Crippen LogP contribution in [-0.4, -0.2) is 33.3 Å². The number of carbonyl (C=O) groups is 3. The van der Waals surface area contributed by atoms with Gasteiger partial charge in [0.15, 0.2) is 0 Å². The molecule has 0 saturated carbocycles. The van der Waals surface area contributed by atoms with Crippen LogP contribution in [0.25, 0.3) is 11.0 Å². The molecule has 1 aliphatic rings. The lowest BCUT2D eigenvalue weighted by atomic mass is 10.1. The van der Waals surface area contributed by atoms with Gasteiger partial charge in [0.05, 0.1) is 23.8 Å². The predicted octanol–water partition coefficient (Wildman–Crippen LogP) is -0.282. The van der Waals surface area contributed by atoms with Crippen molar-refractivity contribution in [1.82, 2.24) is 20.2 Å². The van der Waals surface area contributed by atoms with Gasteiger partial charge in [-0.2, -0.15) is 0 Å². The summed E-state index contributed by atoms with van der Waals surface area (Å²) in [5.41, 5.74) is 2.02. The van der Waals surface area contributed by atoms with Gasteiger partial charge in [0.1, 0.15) is 6.04 Å². The Morgan fingerprint density at radius 3 is 2.95 bits per heavy atom. The zero-order chi connectivity index (χ0) is 14.3. The lowest BCUT2D eigenvalue weighted by molar-refractivity contribution is -0.125. The average molecular weight is 272 g/mol. The average Bonchev–Trinajstić information content (AvgIpc) is 2.93. The van der Waals surface area contributed by atoms with E-state index in [9.17, 15) is 14.4 Å². The summed E-state index contributed by atoms with van der Waals surface area (Å²) in [5, 5.41) is 4.69. The third kappa shape index (κ3) is 2.03. The highest BCUT2D eigenvalue weighted by Crippen LogP contribution is 2.14. The van der Waals surface area contributed by atoms with Crippen molar-refractivity contribution < 1.29 is 14.4 Å². The van der Waals surface area contributed by atoms with Gasteiger partial charge in [-0.05, 0) is 18.2 Å². The summed E-state index contributed by atoms with van der Waals surface area (Å²) in [5.74, 6) is -1.24. The molecule has 7 nitrogen and oxygen atoms in total. The normalized spacial score (nSPS) is 18.4. The molecule has 20 heavy (non-hydrogen) atoms. The number of fused-ring (bicyclic) bond motifs is 1. The molecule has 1 aromatic heterocycles. The van der Waals surface area contributed by atoms with E-state index in [0.29, 0.717) is 11.1 Å². The molecule has 0 aliphatic carbocycles. The summed E-state index contributed by atoms with van der Waals surface area (Å²) >= 11 is 0. The Balaban J connectivity index is 1.82. The van der Waals surface area contributed by atoms with Crippen molar-refractivity contribution in [2.75, 3.05) is 0 Å². The van der Waals surface area contributed by atoms with Gasteiger partial charge in [-0.3, -0.25) is 19.7 Å². The first-order valence-corrected chi connectivity index (χ1v) is 6.10. The summed E-state index contributed by atoms with van der Waals surface area (Å²) in [6, 6.07) is 4.30. The summed E-state index contributed by atoms with van der Waals surface area (Å²) < 4.78 is 1.85. The molecule has 3 amide bonds. The molecule has 1 saturated heterocycles. The molecule has 1 aliphatic heterocycles. The zero-order valence-electron chi connectivity index (χ0n) is 10.7. The van der Waals surface area contributed by atoms with Crippen LogP contribution in [-0.2, 0) is 16.6 Å². The van der Waals surface area contributed by atoms with E-state index < -0.39 is 17.9 Å². The fourth-order valence-electron chi connectivity index (χ4n) is 2.19. The van der Waals surface area contributed by atoms with Crippen molar-refractivity contribution in [3.05, 3.63) is 30.1 Å². The summed E-state index contributed by atoms with van der Waals surface area (Å²) in [7, 11) is 1.86. The van der Waals surface area contributed by atoms with Gasteiger partial charge >= 0.3 is 0 Å². The van der Waals surface area contributed by atoms with Crippen LogP contribution in [0.1, 0.15) is 16.8 Å². The number of nitrogens with one attached hydrogen (secondary N) is 2. The largest absolute Gasteiger partial charge is 0.340 e. The van der Waals surface area contributed by atoms with Gasteiger partial charge < -0.3 is 9.88 Å². The lowest BCUT2D eigenvalue weighted by Crippen LogP contribution is -2.40. The highest BCUT2D eigenvalue weighted by Gasteiger charge is 2.31. The van der Waals surface area contributed by atoms with E-state index in [4.69, 9.17) is 0 Å². The molecule has 0 spiro atoms. The molecular weight excluding hydrogens is 260 g/mol. The molecule has 0 radical (unpaired) electrons. The molecule has 2 aromatic rings. The van der Waals surface area contributed by atoms with Crippen molar-refractivity contribution in [3.8, 4) is 0 Å². The monoisotopic (exact) mass is 272 g/mol. The van der Waals surface area contributed by atoms with Crippen LogP contribution in [0.4, 0.5) is 0 Å². The van der Waals surface area contributed by atoms with E-state index in [1.165, 1.54) is 0 Å². The van der Waals surface area contributed by atoms with Gasteiger partial charge in [0.25, 0.3) is 5.91 Å². The second-order valence-corrected chi connectivity index (χ2v) is 4.70. The Hall–Kier alpha value is -2.70. The maximum absolute atomic E-state index is 12.1. The van der Waals surface area contributed by atoms with Crippen LogP contribution >= 0.6 is 0 Å². The highest BCUT2D eigenvalue weighted by atomic mass is 16.2. The quantitative estimate of drug-likeness (QED) is 0.735. The van der Waals surface area contributed by atoms with E-state index >= 15 is 0 Å². The molecule has 1 atom stereocenters. The number of aryl methyl sites for hydroxylation is 1. The number of rotatable bonds is 2. The van der Waals surface area contributed by atoms with E-state index in [-0.39, 0.29) is 12.3 Å². The number of benzene rings is 1. The number of hydrogen-bond acceptors (Lipinski definition) is 4. The van der Waals surface area contributed by atoms with Crippen LogP contribution in [0.2, 0.25) is 0 Å². The second kappa shape index (κ2) is 4.44. The summed E-state index contributed by atoms with van der Waals surface area (Å²) in [4.78, 5) is 38.7. The minimum Gasteiger partial charge on any atom is -0.340 e. The molecule has 1 unspecified atom stereocenters. The number of carbonyl (C=O) groups excluding carboxylic acids is 3. The van der Waals surface area contributed by atoms with Gasteiger partial charge in [-0.25, -0.2) is 4.98 Å². The van der Waals surface area contributed by atoms with Crippen molar-refractivity contribution in [2.24, 2.45) is 7.05 Å². The maximum Gasteiger partial charge on any atom is 0.252 e. The molecule has 7 heteroatoms. The highest BCUT2D eigenvalue weighted by molar-refractivity contribution is 6.08. The molecule has 2 N–H and O–H groups in total. The Labute approximate surface area is 114 Å². The Kier molecular flexibility index (Phi) is 2.74. The third-order valence-electron chi connectivity index (χ3n) is 3.26. The fourth-order valence-corrected chi connectivity index (χ4v) is 2.19. The van der Waals surface area contributed by atoms with Gasteiger partial charge in [0, 0.05) is 12.6 Å². The number of hydrogen-bond donors (Lipinski definition) is 2. The minimum absolute atomic E-state index is 0.0175. The van der Waals surface area contributed by atoms with E-state index in [0.717, 1.165) is 5.52 Å². The minimum atomic E-state index is -0.797. The van der Waals surface area contributed by atoms with E-state index in [1.807, 2.05) is 11.6 Å². The molecule has 0 bridgehead atoms. The first kappa shape index (κ1) is 12.3. The lowest BCUT2D eigenvalue weighted by Gasteiger charge is -2.09. The molecule has 102 valence electrons. The van der Waals surface area contributed by atoms with E-state index in [2.05, 4.69) is 15.6 Å². The first-order chi connectivity index (χ1) is 9.54. The fraction of sp³-hybridized carbons (Fsp3) is 0.231. The van der Waals surface area contributed by atoms with Gasteiger partial charge in [-0.1, -0.05) is 0 Å². The van der Waals surface area contributed by atoms with E-state index in [1.54, 1.807) is 24.5 Å². The van der Waals surface area contributed by atoms with Crippen molar-refractivity contribution in [1.29, 1.82) is 0 Å². The Morgan fingerprint density at radius 1 is 1.45 bits per heavy atom. The second-order valence-electron chi connectivity index (χ2n) is 4.70. The van der Waals surface area contributed by atoms with Crippen LogP contribution in [0.5, 0.6) is 0 Å². The molecule has 1 aromatic carbocycles. The third-order valence-corrected chi connectivity index (χ3v) is 3.26. The topological polar surface area (TPSA) is 93.1 Å². The van der Waals surface area contributed by atoms with Gasteiger partial charge in [0.2, 0.25) is 11.8 Å². The van der Waals surface area contributed by atoms with Crippen LogP contribution in [0.3, 0.4) is 0 Å². The van der Waals surface area contributed by atoms with Gasteiger partial charge in [-0.15, -0.1) is 0 Å². The number of amides is 3. The number of imide groups is 1. The molecular formula is C13H12N4O3. The van der Waals surface area contributed by atoms with Crippen LogP contribution < -0.4 is 10.6 Å². The molecule has 3 rings (SSSR count). The number of aromatic nitrogens is 2. The smallest absolute Gasteiger partial charge is 0.252 e. The maximum atomic E-state index is 12.1. The summed E-state index contributed by atoms with van der Waals surface area (Å²) in [6.07, 6.45) is 1.64. The summed E-state index contributed by atoms with van der Waals surface area (Å²) in [6.45, 7) is 0. The van der Waals surface area contributed by atoms with Crippen LogP contribution in [0.15, 0.2) is 24.5 Å².